The second kappa shape index (κ2) is 6.46. The normalized spacial score (nSPS) is 11.9. The Bertz CT molecular complexity index is 466. The second-order valence-corrected chi connectivity index (χ2v) is 4.42. The summed E-state index contributed by atoms with van der Waals surface area (Å²) in [7, 11) is 0. The largest absolute Gasteiger partial charge is 0.480 e. The van der Waals surface area contributed by atoms with E-state index in [1.807, 2.05) is 0 Å². The number of aliphatic hydroxyl groups is 1. The minimum absolute atomic E-state index is 0.142. The molecule has 0 heterocycles. The van der Waals surface area contributed by atoms with E-state index in [9.17, 15) is 14.0 Å². The minimum Gasteiger partial charge on any atom is -0.480 e. The molecule has 18 heavy (non-hydrogen) atoms. The van der Waals surface area contributed by atoms with Crippen molar-refractivity contribution < 1.29 is 24.2 Å². The quantitative estimate of drug-likeness (QED) is 0.760. The van der Waals surface area contributed by atoms with Crippen LogP contribution in [-0.4, -0.2) is 34.7 Å². The second-order valence-electron chi connectivity index (χ2n) is 3.50. The molecule has 98 valence electrons. The molecular weight excluding hydrogens is 309 g/mol. The highest BCUT2D eigenvalue weighted by Gasteiger charge is 2.21. The molecule has 0 aliphatic heterocycles. The molecule has 5 nitrogen and oxygen atoms in total. The molecule has 0 aromatic heterocycles. The summed E-state index contributed by atoms with van der Waals surface area (Å²) in [6.07, 6.45) is -0.142. The topological polar surface area (TPSA) is 86.6 Å². The minimum atomic E-state index is -1.28. The molecule has 0 unspecified atom stereocenters. The molecule has 1 amide bonds. The first-order valence-electron chi connectivity index (χ1n) is 5.05. The molecular formula is C11H11BrFNO4. The zero-order chi connectivity index (χ0) is 13.7. The van der Waals surface area contributed by atoms with Crippen LogP contribution in [0.4, 0.5) is 4.39 Å². The van der Waals surface area contributed by atoms with E-state index < -0.39 is 30.3 Å². The van der Waals surface area contributed by atoms with Gasteiger partial charge in [0.25, 0.3) is 5.91 Å². The number of amides is 1. The maximum absolute atomic E-state index is 13.4. The SMILES string of the molecule is O=C(N[C@H](CCO)C(=O)O)c1cc(Br)ccc1F. The van der Waals surface area contributed by atoms with Crippen molar-refractivity contribution in [3.8, 4) is 0 Å². The Morgan fingerprint density at radius 2 is 2.11 bits per heavy atom. The van der Waals surface area contributed by atoms with Crippen molar-refractivity contribution in [1.82, 2.24) is 5.32 Å². The van der Waals surface area contributed by atoms with Crippen molar-refractivity contribution >= 4 is 27.8 Å². The highest BCUT2D eigenvalue weighted by molar-refractivity contribution is 9.10. The fourth-order valence-electron chi connectivity index (χ4n) is 1.29. The van der Waals surface area contributed by atoms with Crippen molar-refractivity contribution in [3.05, 3.63) is 34.1 Å². The monoisotopic (exact) mass is 319 g/mol. The lowest BCUT2D eigenvalue weighted by Gasteiger charge is -2.13. The fraction of sp³-hybridized carbons (Fsp3) is 0.273. The third-order valence-electron chi connectivity index (χ3n) is 2.19. The molecule has 1 rings (SSSR count). The molecule has 1 aromatic carbocycles. The lowest BCUT2D eigenvalue weighted by Crippen LogP contribution is -2.41. The van der Waals surface area contributed by atoms with Gasteiger partial charge in [0.1, 0.15) is 11.9 Å². The van der Waals surface area contributed by atoms with Crippen LogP contribution < -0.4 is 5.32 Å². The van der Waals surface area contributed by atoms with Crippen LogP contribution in [0, 0.1) is 5.82 Å². The Morgan fingerprint density at radius 1 is 1.44 bits per heavy atom. The van der Waals surface area contributed by atoms with E-state index >= 15 is 0 Å². The molecule has 1 aromatic rings. The predicted molar refractivity (Wildman–Crippen MR) is 64.7 cm³/mol. The zero-order valence-corrected chi connectivity index (χ0v) is 10.8. The number of aliphatic carboxylic acids is 1. The molecule has 0 aliphatic carbocycles. The number of carbonyl (C=O) groups is 2. The maximum atomic E-state index is 13.4. The average molecular weight is 320 g/mol. The number of hydrogen-bond acceptors (Lipinski definition) is 3. The standard InChI is InChI=1S/C11H11BrFNO4/c12-6-1-2-8(13)7(5-6)10(16)14-9(3-4-15)11(17)18/h1-2,5,9,15H,3-4H2,(H,14,16)(H,17,18)/t9-/m1/s1. The summed E-state index contributed by atoms with van der Waals surface area (Å²) >= 11 is 3.09. The van der Waals surface area contributed by atoms with Crippen LogP contribution in [0.2, 0.25) is 0 Å². The number of carboxylic acid groups (broad SMARTS) is 1. The van der Waals surface area contributed by atoms with Gasteiger partial charge in [0.2, 0.25) is 0 Å². The predicted octanol–water partition coefficient (Wildman–Crippen LogP) is 1.15. The van der Waals surface area contributed by atoms with Crippen LogP contribution in [0.5, 0.6) is 0 Å². The number of hydrogen-bond donors (Lipinski definition) is 3. The zero-order valence-electron chi connectivity index (χ0n) is 9.19. The maximum Gasteiger partial charge on any atom is 0.326 e. The van der Waals surface area contributed by atoms with E-state index in [-0.39, 0.29) is 12.0 Å². The molecule has 0 aliphatic rings. The number of nitrogens with one attached hydrogen (secondary N) is 1. The van der Waals surface area contributed by atoms with Crippen molar-refractivity contribution in [2.45, 2.75) is 12.5 Å². The lowest BCUT2D eigenvalue weighted by molar-refractivity contribution is -0.139. The summed E-state index contributed by atoms with van der Waals surface area (Å²) in [5.41, 5.74) is -0.256. The summed E-state index contributed by atoms with van der Waals surface area (Å²) in [5.74, 6) is -2.87. The van der Waals surface area contributed by atoms with E-state index in [2.05, 4.69) is 21.2 Å². The van der Waals surface area contributed by atoms with Crippen LogP contribution in [0.15, 0.2) is 22.7 Å². The van der Waals surface area contributed by atoms with E-state index in [1.54, 1.807) is 0 Å². The highest BCUT2D eigenvalue weighted by Crippen LogP contribution is 2.15. The molecule has 7 heteroatoms. The van der Waals surface area contributed by atoms with Gasteiger partial charge in [-0.1, -0.05) is 15.9 Å². The third-order valence-corrected chi connectivity index (χ3v) is 2.69. The van der Waals surface area contributed by atoms with Gasteiger partial charge in [0.15, 0.2) is 0 Å². The first kappa shape index (κ1) is 14.6. The Morgan fingerprint density at radius 3 is 2.67 bits per heavy atom. The number of carbonyl (C=O) groups excluding carboxylic acids is 1. The van der Waals surface area contributed by atoms with Gasteiger partial charge in [-0.2, -0.15) is 0 Å². The number of benzene rings is 1. The summed E-state index contributed by atoms with van der Waals surface area (Å²) in [5, 5.41) is 19.6. The van der Waals surface area contributed by atoms with Crippen LogP contribution in [0.3, 0.4) is 0 Å². The van der Waals surface area contributed by atoms with E-state index in [1.165, 1.54) is 12.1 Å². The van der Waals surface area contributed by atoms with Crippen molar-refractivity contribution in [2.24, 2.45) is 0 Å². The average Bonchev–Trinajstić information content (AvgIpc) is 2.31. The Labute approximate surface area is 111 Å². The van der Waals surface area contributed by atoms with Gasteiger partial charge in [-0.25, -0.2) is 9.18 Å². The van der Waals surface area contributed by atoms with Gasteiger partial charge in [0, 0.05) is 17.5 Å². The molecule has 0 radical (unpaired) electrons. The Hall–Kier alpha value is -1.47. The van der Waals surface area contributed by atoms with Crippen molar-refractivity contribution in [2.75, 3.05) is 6.61 Å². The van der Waals surface area contributed by atoms with Gasteiger partial charge < -0.3 is 15.5 Å². The van der Waals surface area contributed by atoms with Gasteiger partial charge in [-0.15, -0.1) is 0 Å². The van der Waals surface area contributed by atoms with Gasteiger partial charge >= 0.3 is 5.97 Å². The van der Waals surface area contributed by atoms with Gasteiger partial charge in [-0.05, 0) is 18.2 Å². The van der Waals surface area contributed by atoms with E-state index in [0.717, 1.165) is 6.07 Å². The van der Waals surface area contributed by atoms with Crippen LogP contribution >= 0.6 is 15.9 Å². The first-order chi connectivity index (χ1) is 8.45. The van der Waals surface area contributed by atoms with Gasteiger partial charge in [0.05, 0.1) is 5.56 Å². The van der Waals surface area contributed by atoms with Crippen LogP contribution in [-0.2, 0) is 4.79 Å². The fourth-order valence-corrected chi connectivity index (χ4v) is 1.66. The van der Waals surface area contributed by atoms with E-state index in [0.29, 0.717) is 4.47 Å². The van der Waals surface area contributed by atoms with E-state index in [4.69, 9.17) is 10.2 Å². The summed E-state index contributed by atoms with van der Waals surface area (Å²) < 4.78 is 13.9. The highest BCUT2D eigenvalue weighted by atomic mass is 79.9. The Balaban J connectivity index is 2.86. The van der Waals surface area contributed by atoms with Crippen molar-refractivity contribution in [3.63, 3.8) is 0 Å². The number of carboxylic acids is 1. The molecule has 0 saturated heterocycles. The number of aliphatic hydroxyl groups excluding tert-OH is 1. The third kappa shape index (κ3) is 3.78. The summed E-state index contributed by atoms with van der Waals surface area (Å²) in [6.45, 7) is -0.391. The van der Waals surface area contributed by atoms with Crippen LogP contribution in [0.25, 0.3) is 0 Å². The molecule has 1 atom stereocenters. The summed E-state index contributed by atoms with van der Waals surface area (Å²) in [6, 6.07) is 2.53. The van der Waals surface area contributed by atoms with Crippen LogP contribution in [0.1, 0.15) is 16.8 Å². The first-order valence-corrected chi connectivity index (χ1v) is 5.84. The Kier molecular flexibility index (Phi) is 5.24. The van der Waals surface area contributed by atoms with Crippen molar-refractivity contribution in [1.29, 1.82) is 0 Å². The molecule has 0 bridgehead atoms. The number of halogens is 2. The van der Waals surface area contributed by atoms with Gasteiger partial charge in [-0.3, -0.25) is 4.79 Å². The number of rotatable bonds is 5. The molecule has 0 saturated carbocycles. The molecule has 3 N–H and O–H groups in total. The summed E-state index contributed by atoms with van der Waals surface area (Å²) in [4.78, 5) is 22.5. The molecule has 0 spiro atoms. The smallest absolute Gasteiger partial charge is 0.326 e. The molecule has 0 fully saturated rings. The lowest BCUT2D eigenvalue weighted by atomic mass is 10.1.